The molecule has 0 spiro atoms. The van der Waals surface area contributed by atoms with Crippen molar-refractivity contribution in [3.05, 3.63) is 35.4 Å². The Morgan fingerprint density at radius 2 is 2.00 bits per heavy atom. The summed E-state index contributed by atoms with van der Waals surface area (Å²) >= 11 is 0. The molecule has 0 saturated carbocycles. The molecule has 2 aliphatic rings. The fourth-order valence-corrected chi connectivity index (χ4v) is 4.39. The number of rotatable bonds is 4. The second-order valence-electron chi connectivity index (χ2n) is 6.77. The molecule has 0 aliphatic carbocycles. The zero-order valence-electron chi connectivity index (χ0n) is 14.0. The Kier molecular flexibility index (Phi) is 5.22. The second kappa shape index (κ2) is 7.21. The first kappa shape index (κ1) is 17.4. The van der Waals surface area contributed by atoms with Crippen molar-refractivity contribution >= 4 is 15.9 Å². The van der Waals surface area contributed by atoms with Crippen LogP contribution in [-0.2, 0) is 10.0 Å². The monoisotopic (exact) mass is 351 g/mol. The Morgan fingerprint density at radius 1 is 1.25 bits per heavy atom. The van der Waals surface area contributed by atoms with Gasteiger partial charge in [-0.2, -0.15) is 0 Å². The van der Waals surface area contributed by atoms with Gasteiger partial charge in [0.1, 0.15) is 0 Å². The maximum absolute atomic E-state index is 12.7. The minimum Gasteiger partial charge on any atom is -0.339 e. The van der Waals surface area contributed by atoms with Gasteiger partial charge in [0.2, 0.25) is 10.0 Å². The number of likely N-dealkylation sites (tertiary alicyclic amines) is 1. The van der Waals surface area contributed by atoms with E-state index in [-0.39, 0.29) is 11.9 Å². The summed E-state index contributed by atoms with van der Waals surface area (Å²) in [6, 6.07) is 7.87. The lowest BCUT2D eigenvalue weighted by atomic mass is 9.96. The van der Waals surface area contributed by atoms with Crippen molar-refractivity contribution < 1.29 is 13.2 Å². The number of piperidine rings is 1. The van der Waals surface area contributed by atoms with Gasteiger partial charge in [-0.25, -0.2) is 13.1 Å². The van der Waals surface area contributed by atoms with Crippen molar-refractivity contribution in [1.82, 2.24) is 14.9 Å². The van der Waals surface area contributed by atoms with Gasteiger partial charge in [0.25, 0.3) is 5.91 Å². The number of carbonyl (C=O) groups is 1. The van der Waals surface area contributed by atoms with Crippen LogP contribution >= 0.6 is 0 Å². The van der Waals surface area contributed by atoms with E-state index in [9.17, 15) is 13.2 Å². The maximum atomic E-state index is 12.7. The lowest BCUT2D eigenvalue weighted by Crippen LogP contribution is -2.46. The molecule has 0 bridgehead atoms. The number of carbonyl (C=O) groups excluding carboxylic acids is 1. The van der Waals surface area contributed by atoms with Gasteiger partial charge in [0.15, 0.2) is 0 Å². The van der Waals surface area contributed by atoms with Gasteiger partial charge in [-0.1, -0.05) is 12.1 Å². The van der Waals surface area contributed by atoms with Crippen LogP contribution in [0, 0.1) is 0 Å². The van der Waals surface area contributed by atoms with E-state index < -0.39 is 10.0 Å². The Morgan fingerprint density at radius 3 is 2.62 bits per heavy atom. The molecule has 24 heavy (non-hydrogen) atoms. The Balaban J connectivity index is 1.62. The molecule has 132 valence electrons. The van der Waals surface area contributed by atoms with Crippen LogP contribution < -0.4 is 10.0 Å². The van der Waals surface area contributed by atoms with E-state index in [1.807, 2.05) is 23.1 Å². The third kappa shape index (κ3) is 4.34. The molecule has 2 N–H and O–H groups in total. The highest BCUT2D eigenvalue weighted by Gasteiger charge is 2.26. The van der Waals surface area contributed by atoms with E-state index in [1.54, 1.807) is 0 Å². The number of nitrogens with one attached hydrogen (secondary N) is 2. The Hall–Kier alpha value is -1.44. The van der Waals surface area contributed by atoms with Gasteiger partial charge in [-0.05, 0) is 49.4 Å². The van der Waals surface area contributed by atoms with E-state index in [2.05, 4.69) is 16.1 Å². The summed E-state index contributed by atoms with van der Waals surface area (Å²) in [6.45, 7) is 3.17. The minimum atomic E-state index is -3.19. The molecule has 2 heterocycles. The van der Waals surface area contributed by atoms with E-state index in [0.717, 1.165) is 25.1 Å². The van der Waals surface area contributed by atoms with E-state index in [0.29, 0.717) is 31.8 Å². The molecule has 1 amide bonds. The number of sulfonamides is 1. The summed E-state index contributed by atoms with van der Waals surface area (Å²) in [6.07, 6.45) is 3.60. The van der Waals surface area contributed by atoms with Gasteiger partial charge >= 0.3 is 0 Å². The molecule has 1 atom stereocenters. The lowest BCUT2D eigenvalue weighted by Gasteiger charge is -2.32. The quantitative estimate of drug-likeness (QED) is 0.845. The Labute approximate surface area is 143 Å². The van der Waals surface area contributed by atoms with Crippen LogP contribution in [0.4, 0.5) is 0 Å². The highest BCUT2D eigenvalue weighted by Crippen LogP contribution is 2.24. The first-order valence-corrected chi connectivity index (χ1v) is 10.4. The SMILES string of the molecule is CS(=O)(=O)NC1CCN(C(=O)c2cccc([C@H]3CCNC3)c2)CC1. The highest BCUT2D eigenvalue weighted by atomic mass is 32.2. The lowest BCUT2D eigenvalue weighted by molar-refractivity contribution is 0.0711. The molecule has 2 saturated heterocycles. The summed E-state index contributed by atoms with van der Waals surface area (Å²) in [5.74, 6) is 0.531. The van der Waals surface area contributed by atoms with Crippen molar-refractivity contribution in [2.24, 2.45) is 0 Å². The second-order valence-corrected chi connectivity index (χ2v) is 8.55. The smallest absolute Gasteiger partial charge is 0.253 e. The number of hydrogen-bond donors (Lipinski definition) is 2. The summed E-state index contributed by atoms with van der Waals surface area (Å²) < 4.78 is 25.2. The fourth-order valence-electron chi connectivity index (χ4n) is 3.55. The van der Waals surface area contributed by atoms with Crippen LogP contribution in [0.5, 0.6) is 0 Å². The molecule has 2 fully saturated rings. The van der Waals surface area contributed by atoms with Crippen molar-refractivity contribution in [1.29, 1.82) is 0 Å². The van der Waals surface area contributed by atoms with Crippen LogP contribution in [0.1, 0.15) is 41.1 Å². The topological polar surface area (TPSA) is 78.5 Å². The van der Waals surface area contributed by atoms with Gasteiger partial charge in [-0.15, -0.1) is 0 Å². The zero-order valence-corrected chi connectivity index (χ0v) is 14.8. The molecule has 1 aromatic carbocycles. The molecule has 0 aromatic heterocycles. The van der Waals surface area contributed by atoms with Crippen LogP contribution in [0.15, 0.2) is 24.3 Å². The molecule has 1 aromatic rings. The van der Waals surface area contributed by atoms with Crippen LogP contribution in [0.2, 0.25) is 0 Å². The zero-order chi connectivity index (χ0) is 17.2. The Bertz CT molecular complexity index is 691. The number of benzene rings is 1. The van der Waals surface area contributed by atoms with Crippen molar-refractivity contribution in [3.8, 4) is 0 Å². The molecule has 2 aliphatic heterocycles. The predicted molar refractivity (Wildman–Crippen MR) is 93.6 cm³/mol. The average Bonchev–Trinajstić information content (AvgIpc) is 3.08. The van der Waals surface area contributed by atoms with Crippen molar-refractivity contribution in [2.45, 2.75) is 31.2 Å². The number of amides is 1. The van der Waals surface area contributed by atoms with E-state index in [1.165, 1.54) is 11.8 Å². The van der Waals surface area contributed by atoms with Crippen LogP contribution in [-0.4, -0.2) is 57.7 Å². The van der Waals surface area contributed by atoms with Crippen molar-refractivity contribution in [2.75, 3.05) is 32.4 Å². The first-order chi connectivity index (χ1) is 11.4. The molecule has 7 heteroatoms. The van der Waals surface area contributed by atoms with E-state index in [4.69, 9.17) is 0 Å². The average molecular weight is 351 g/mol. The molecule has 6 nitrogen and oxygen atoms in total. The van der Waals surface area contributed by atoms with Gasteiger partial charge < -0.3 is 10.2 Å². The van der Waals surface area contributed by atoms with Gasteiger partial charge in [0, 0.05) is 31.2 Å². The summed E-state index contributed by atoms with van der Waals surface area (Å²) in [5, 5.41) is 3.35. The van der Waals surface area contributed by atoms with Gasteiger partial charge in [0.05, 0.1) is 6.26 Å². The molecular formula is C17H25N3O3S. The fraction of sp³-hybridized carbons (Fsp3) is 0.588. The van der Waals surface area contributed by atoms with Crippen LogP contribution in [0.25, 0.3) is 0 Å². The summed E-state index contributed by atoms with van der Waals surface area (Å²) in [5.41, 5.74) is 1.95. The van der Waals surface area contributed by atoms with Crippen molar-refractivity contribution in [3.63, 3.8) is 0 Å². The number of nitrogens with zero attached hydrogens (tertiary/aromatic N) is 1. The highest BCUT2D eigenvalue weighted by molar-refractivity contribution is 7.88. The molecule has 0 radical (unpaired) electrons. The van der Waals surface area contributed by atoms with Crippen LogP contribution in [0.3, 0.4) is 0 Å². The van der Waals surface area contributed by atoms with Gasteiger partial charge in [-0.3, -0.25) is 4.79 Å². The predicted octanol–water partition coefficient (Wildman–Crippen LogP) is 0.917. The maximum Gasteiger partial charge on any atom is 0.253 e. The summed E-state index contributed by atoms with van der Waals surface area (Å²) in [7, 11) is -3.19. The normalized spacial score (nSPS) is 22.7. The summed E-state index contributed by atoms with van der Waals surface area (Å²) in [4.78, 5) is 14.6. The number of hydrogen-bond acceptors (Lipinski definition) is 4. The third-order valence-electron chi connectivity index (χ3n) is 4.83. The largest absolute Gasteiger partial charge is 0.339 e. The standard InChI is InChI=1S/C17H25N3O3S/c1-24(22,23)19-16-6-9-20(10-7-16)17(21)14-4-2-3-13(11-14)15-5-8-18-12-15/h2-4,11,15-16,18-19H,5-10,12H2,1H3/t15-/m0/s1. The molecule has 3 rings (SSSR count). The minimum absolute atomic E-state index is 0.0422. The molecular weight excluding hydrogens is 326 g/mol. The van der Waals surface area contributed by atoms with E-state index >= 15 is 0 Å². The first-order valence-electron chi connectivity index (χ1n) is 8.49. The third-order valence-corrected chi connectivity index (χ3v) is 5.59. The molecule has 0 unspecified atom stereocenters.